The van der Waals surface area contributed by atoms with E-state index in [9.17, 15) is 17.6 Å². The molecule has 6 nitrogen and oxygen atoms in total. The summed E-state index contributed by atoms with van der Waals surface area (Å²) in [6.45, 7) is -0.159. The van der Waals surface area contributed by atoms with Crippen LogP contribution in [0.4, 0.5) is 10.1 Å². The molecule has 17 heavy (non-hydrogen) atoms. The van der Waals surface area contributed by atoms with E-state index in [2.05, 4.69) is 4.72 Å². The molecule has 0 spiro atoms. The number of anilines is 1. The lowest BCUT2D eigenvalue weighted by atomic mass is 10.3. The molecule has 0 saturated carbocycles. The second-order valence-corrected chi connectivity index (χ2v) is 5.00. The molecule has 0 fully saturated rings. The van der Waals surface area contributed by atoms with Gasteiger partial charge in [0.2, 0.25) is 15.9 Å². The summed E-state index contributed by atoms with van der Waals surface area (Å²) < 4.78 is 38.5. The average molecular weight is 261 g/mol. The molecule has 0 unspecified atom stereocenters. The Hall–Kier alpha value is -1.67. The van der Waals surface area contributed by atoms with Crippen LogP contribution in [0.5, 0.6) is 0 Å². The summed E-state index contributed by atoms with van der Waals surface area (Å²) in [6.07, 6.45) is -0.144. The third kappa shape index (κ3) is 3.40. The van der Waals surface area contributed by atoms with Crippen LogP contribution < -0.4 is 16.2 Å². The first-order valence-electron chi connectivity index (χ1n) is 4.66. The normalized spacial score (nSPS) is 11.4. The van der Waals surface area contributed by atoms with E-state index >= 15 is 0 Å². The average Bonchev–Trinajstić information content (AvgIpc) is 2.21. The minimum atomic E-state index is -3.93. The van der Waals surface area contributed by atoms with Crippen LogP contribution in [0.2, 0.25) is 0 Å². The number of halogens is 1. The molecular weight excluding hydrogens is 249 g/mol. The van der Waals surface area contributed by atoms with Gasteiger partial charge in [-0.1, -0.05) is 6.07 Å². The van der Waals surface area contributed by atoms with Crippen molar-refractivity contribution in [3.8, 4) is 0 Å². The minimum absolute atomic E-state index is 0.144. The molecule has 1 rings (SSSR count). The van der Waals surface area contributed by atoms with Crippen LogP contribution in [-0.4, -0.2) is 20.9 Å². The van der Waals surface area contributed by atoms with Crippen LogP contribution in [0.15, 0.2) is 23.1 Å². The summed E-state index contributed by atoms with van der Waals surface area (Å²) in [7, 11) is -3.93. The first kappa shape index (κ1) is 13.4. The number of amides is 1. The molecule has 0 radical (unpaired) electrons. The number of rotatable bonds is 5. The standard InChI is InChI=1S/C9H12FN3O3S/c10-6-2-1-3-7(9(6)12)17(15,16)13-5-4-8(11)14/h1-3,13H,4-5,12H2,(H2,11,14). The molecule has 0 aliphatic heterocycles. The van der Waals surface area contributed by atoms with Gasteiger partial charge < -0.3 is 11.5 Å². The summed E-state index contributed by atoms with van der Waals surface area (Å²) >= 11 is 0. The number of nitrogens with two attached hydrogens (primary N) is 2. The highest BCUT2D eigenvalue weighted by molar-refractivity contribution is 7.89. The first-order valence-corrected chi connectivity index (χ1v) is 6.15. The van der Waals surface area contributed by atoms with Crippen LogP contribution in [0.1, 0.15) is 6.42 Å². The monoisotopic (exact) mass is 261 g/mol. The Labute approximate surface area is 97.8 Å². The van der Waals surface area contributed by atoms with Crippen molar-refractivity contribution in [2.45, 2.75) is 11.3 Å². The lowest BCUT2D eigenvalue weighted by Crippen LogP contribution is -2.28. The van der Waals surface area contributed by atoms with Gasteiger partial charge in [-0.15, -0.1) is 0 Å². The van der Waals surface area contributed by atoms with Gasteiger partial charge in [0.05, 0.1) is 5.69 Å². The molecule has 0 aromatic heterocycles. The molecule has 1 aromatic rings. The SMILES string of the molecule is NC(=O)CCNS(=O)(=O)c1cccc(F)c1N. The third-order valence-electron chi connectivity index (χ3n) is 1.97. The summed E-state index contributed by atoms with van der Waals surface area (Å²) in [5, 5.41) is 0. The molecule has 1 aromatic carbocycles. The fraction of sp³-hybridized carbons (Fsp3) is 0.222. The van der Waals surface area contributed by atoms with Crippen molar-refractivity contribution in [1.82, 2.24) is 4.72 Å². The highest BCUT2D eigenvalue weighted by Crippen LogP contribution is 2.20. The number of para-hydroxylation sites is 1. The second kappa shape index (κ2) is 5.11. The maximum absolute atomic E-state index is 13.1. The van der Waals surface area contributed by atoms with Crippen LogP contribution in [0.3, 0.4) is 0 Å². The van der Waals surface area contributed by atoms with Gasteiger partial charge in [0.15, 0.2) is 0 Å². The Morgan fingerprint density at radius 2 is 2.06 bits per heavy atom. The van der Waals surface area contributed by atoms with E-state index in [4.69, 9.17) is 11.5 Å². The molecule has 94 valence electrons. The molecule has 0 aliphatic carbocycles. The van der Waals surface area contributed by atoms with Gasteiger partial charge in [-0.3, -0.25) is 4.79 Å². The van der Waals surface area contributed by atoms with Crippen molar-refractivity contribution in [1.29, 1.82) is 0 Å². The molecule has 0 bridgehead atoms. The van der Waals surface area contributed by atoms with E-state index in [-0.39, 0.29) is 17.9 Å². The molecule has 1 amide bonds. The van der Waals surface area contributed by atoms with E-state index < -0.39 is 27.4 Å². The Morgan fingerprint density at radius 3 is 2.65 bits per heavy atom. The van der Waals surface area contributed by atoms with Gasteiger partial charge in [-0.05, 0) is 12.1 Å². The predicted octanol–water partition coefficient (Wildman–Crippen LogP) is -0.438. The number of primary amides is 1. The number of carbonyl (C=O) groups excluding carboxylic acids is 1. The third-order valence-corrected chi connectivity index (χ3v) is 3.49. The molecule has 0 saturated heterocycles. The van der Waals surface area contributed by atoms with Gasteiger partial charge in [-0.2, -0.15) is 0 Å². The Balaban J connectivity index is 2.90. The first-order chi connectivity index (χ1) is 7.84. The van der Waals surface area contributed by atoms with Gasteiger partial charge in [0.1, 0.15) is 10.7 Å². The number of nitrogen functional groups attached to an aromatic ring is 1. The van der Waals surface area contributed by atoms with E-state index in [1.54, 1.807) is 0 Å². The Morgan fingerprint density at radius 1 is 1.41 bits per heavy atom. The Kier molecular flexibility index (Phi) is 4.02. The number of nitrogens with one attached hydrogen (secondary N) is 1. The zero-order chi connectivity index (χ0) is 13.1. The van der Waals surface area contributed by atoms with Gasteiger partial charge in [-0.25, -0.2) is 17.5 Å². The number of sulfonamides is 1. The second-order valence-electron chi connectivity index (χ2n) is 3.27. The molecule has 0 heterocycles. The number of carbonyl (C=O) groups is 1. The van der Waals surface area contributed by atoms with E-state index in [0.29, 0.717) is 0 Å². The lowest BCUT2D eigenvalue weighted by molar-refractivity contribution is -0.117. The fourth-order valence-corrected chi connectivity index (χ4v) is 2.31. The minimum Gasteiger partial charge on any atom is -0.395 e. The smallest absolute Gasteiger partial charge is 0.242 e. The topological polar surface area (TPSA) is 115 Å². The summed E-state index contributed by atoms with van der Waals surface area (Å²) in [4.78, 5) is 10.1. The van der Waals surface area contributed by atoms with Crippen molar-refractivity contribution in [2.24, 2.45) is 5.73 Å². The predicted molar refractivity (Wildman–Crippen MR) is 59.8 cm³/mol. The molecule has 5 N–H and O–H groups in total. The van der Waals surface area contributed by atoms with Crippen LogP contribution in [-0.2, 0) is 14.8 Å². The van der Waals surface area contributed by atoms with Crippen molar-refractivity contribution >= 4 is 21.6 Å². The largest absolute Gasteiger partial charge is 0.395 e. The summed E-state index contributed by atoms with van der Waals surface area (Å²) in [5.74, 6) is -1.46. The quantitative estimate of drug-likeness (QED) is 0.623. The molecule has 0 aliphatic rings. The van der Waals surface area contributed by atoms with Crippen molar-refractivity contribution < 1.29 is 17.6 Å². The Bertz CT molecular complexity index is 530. The van der Waals surface area contributed by atoms with Gasteiger partial charge >= 0.3 is 0 Å². The van der Waals surface area contributed by atoms with Crippen LogP contribution >= 0.6 is 0 Å². The summed E-state index contributed by atoms with van der Waals surface area (Å²) in [6, 6.07) is 3.46. The zero-order valence-corrected chi connectivity index (χ0v) is 9.63. The van der Waals surface area contributed by atoms with Crippen LogP contribution in [0.25, 0.3) is 0 Å². The molecule has 8 heteroatoms. The highest BCUT2D eigenvalue weighted by atomic mass is 32.2. The van der Waals surface area contributed by atoms with E-state index in [1.807, 2.05) is 0 Å². The van der Waals surface area contributed by atoms with Gasteiger partial charge in [0, 0.05) is 13.0 Å². The highest BCUT2D eigenvalue weighted by Gasteiger charge is 2.18. The number of hydrogen-bond donors (Lipinski definition) is 3. The van der Waals surface area contributed by atoms with E-state index in [1.165, 1.54) is 12.1 Å². The maximum Gasteiger partial charge on any atom is 0.242 e. The van der Waals surface area contributed by atoms with Crippen molar-refractivity contribution in [2.75, 3.05) is 12.3 Å². The lowest BCUT2D eigenvalue weighted by Gasteiger charge is -2.08. The summed E-state index contributed by atoms with van der Waals surface area (Å²) in [5.41, 5.74) is 9.71. The number of benzene rings is 1. The molecular formula is C9H12FN3O3S. The maximum atomic E-state index is 13.1. The molecule has 0 atom stereocenters. The van der Waals surface area contributed by atoms with E-state index in [0.717, 1.165) is 6.07 Å². The fourth-order valence-electron chi connectivity index (χ4n) is 1.14. The number of hydrogen-bond acceptors (Lipinski definition) is 4. The van der Waals surface area contributed by atoms with Crippen LogP contribution in [0, 0.1) is 5.82 Å². The van der Waals surface area contributed by atoms with Crippen molar-refractivity contribution in [3.63, 3.8) is 0 Å². The van der Waals surface area contributed by atoms with Crippen molar-refractivity contribution in [3.05, 3.63) is 24.0 Å². The zero-order valence-electron chi connectivity index (χ0n) is 8.81. The van der Waals surface area contributed by atoms with Gasteiger partial charge in [0.25, 0.3) is 0 Å².